The van der Waals surface area contributed by atoms with E-state index in [0.717, 1.165) is 67.2 Å². The monoisotopic (exact) mass is 623 g/mol. The lowest BCUT2D eigenvalue weighted by Crippen LogP contribution is -2.27. The SMILES string of the molecule is CCC(CC)NCc1cccc(C(=O)Nc2sc3c(c2C(=O)Nc2ccc(CCc4ccc(C(=O)OC)cc4)cc2)CCC3)c1. The lowest BCUT2D eigenvalue weighted by molar-refractivity contribution is 0.0600. The van der Waals surface area contributed by atoms with E-state index in [-0.39, 0.29) is 17.8 Å². The van der Waals surface area contributed by atoms with Crippen LogP contribution in [0.3, 0.4) is 0 Å². The average Bonchev–Trinajstić information content (AvgIpc) is 3.66. The van der Waals surface area contributed by atoms with Crippen molar-refractivity contribution in [3.8, 4) is 0 Å². The number of rotatable bonds is 13. The standard InChI is InChI=1S/C37H41N3O4S/c1-4-29(5-2)38-23-26-8-6-9-28(22-26)34(41)40-36-33(31-10-7-11-32(31)45-36)35(42)39-30-20-16-25(17-21-30)13-12-24-14-18-27(19-15-24)37(43)44-3/h6,8-9,14-22,29,38H,4-5,7,10-13,23H2,1-3H3,(H,39,42)(H,40,41). The average molecular weight is 624 g/mol. The molecule has 0 spiro atoms. The number of carbonyl (C=O) groups is 3. The molecule has 0 saturated heterocycles. The quantitative estimate of drug-likeness (QED) is 0.133. The van der Waals surface area contributed by atoms with Crippen molar-refractivity contribution in [2.24, 2.45) is 0 Å². The number of nitrogens with one attached hydrogen (secondary N) is 3. The summed E-state index contributed by atoms with van der Waals surface area (Å²) in [7, 11) is 1.38. The Morgan fingerprint density at radius 2 is 1.49 bits per heavy atom. The highest BCUT2D eigenvalue weighted by Gasteiger charge is 2.28. The van der Waals surface area contributed by atoms with Gasteiger partial charge in [-0.05, 0) is 104 Å². The number of aryl methyl sites for hydroxylation is 3. The fourth-order valence-corrected chi connectivity index (χ4v) is 7.01. The first-order valence-corrected chi connectivity index (χ1v) is 16.6. The summed E-state index contributed by atoms with van der Waals surface area (Å²) in [6.07, 6.45) is 6.55. The molecule has 1 aliphatic rings. The Labute approximate surface area is 269 Å². The third-order valence-electron chi connectivity index (χ3n) is 8.43. The van der Waals surface area contributed by atoms with Crippen LogP contribution in [0.15, 0.2) is 72.8 Å². The van der Waals surface area contributed by atoms with E-state index < -0.39 is 0 Å². The van der Waals surface area contributed by atoms with Gasteiger partial charge in [0.25, 0.3) is 11.8 Å². The van der Waals surface area contributed by atoms with Crippen LogP contribution in [-0.4, -0.2) is 30.9 Å². The van der Waals surface area contributed by atoms with Crippen molar-refractivity contribution in [3.05, 3.63) is 117 Å². The minimum absolute atomic E-state index is 0.203. The van der Waals surface area contributed by atoms with Gasteiger partial charge >= 0.3 is 5.97 Å². The molecule has 3 aromatic carbocycles. The number of hydrogen-bond donors (Lipinski definition) is 3. The third-order valence-corrected chi connectivity index (χ3v) is 9.64. The van der Waals surface area contributed by atoms with E-state index in [9.17, 15) is 14.4 Å². The van der Waals surface area contributed by atoms with E-state index in [1.165, 1.54) is 23.3 Å². The number of fused-ring (bicyclic) bond motifs is 1. The van der Waals surface area contributed by atoms with Crippen LogP contribution in [0.5, 0.6) is 0 Å². The molecule has 3 N–H and O–H groups in total. The summed E-state index contributed by atoms with van der Waals surface area (Å²) in [6.45, 7) is 5.05. The highest BCUT2D eigenvalue weighted by molar-refractivity contribution is 7.17. The Bertz CT molecular complexity index is 1640. The van der Waals surface area contributed by atoms with Crippen molar-refractivity contribution in [3.63, 3.8) is 0 Å². The molecule has 0 aliphatic heterocycles. The smallest absolute Gasteiger partial charge is 0.337 e. The highest BCUT2D eigenvalue weighted by atomic mass is 32.1. The van der Waals surface area contributed by atoms with Gasteiger partial charge in [0.1, 0.15) is 5.00 Å². The van der Waals surface area contributed by atoms with Crippen molar-refractivity contribution < 1.29 is 19.1 Å². The minimum atomic E-state index is -0.341. The lowest BCUT2D eigenvalue weighted by Gasteiger charge is -2.15. The van der Waals surface area contributed by atoms with Crippen LogP contribution in [0, 0.1) is 0 Å². The second kappa shape index (κ2) is 15.1. The number of esters is 1. The van der Waals surface area contributed by atoms with Crippen LogP contribution in [0.4, 0.5) is 10.7 Å². The molecule has 0 unspecified atom stereocenters. The van der Waals surface area contributed by atoms with Gasteiger partial charge in [-0.2, -0.15) is 0 Å². The number of thiophene rings is 1. The summed E-state index contributed by atoms with van der Waals surface area (Å²) in [6, 6.07) is 23.4. The zero-order valence-electron chi connectivity index (χ0n) is 26.2. The van der Waals surface area contributed by atoms with Gasteiger partial charge in [-0.25, -0.2) is 4.79 Å². The summed E-state index contributed by atoms with van der Waals surface area (Å²) in [5.74, 6) is -0.754. The van der Waals surface area contributed by atoms with Gasteiger partial charge < -0.3 is 20.7 Å². The molecule has 4 aromatic rings. The van der Waals surface area contributed by atoms with Crippen LogP contribution in [0.1, 0.15) is 91.3 Å². The van der Waals surface area contributed by atoms with Gasteiger partial charge in [-0.3, -0.25) is 9.59 Å². The maximum atomic E-state index is 13.6. The van der Waals surface area contributed by atoms with E-state index in [4.69, 9.17) is 4.74 Å². The Hall–Kier alpha value is -4.27. The molecule has 8 heteroatoms. The molecule has 5 rings (SSSR count). The van der Waals surface area contributed by atoms with E-state index in [1.54, 1.807) is 12.1 Å². The fourth-order valence-electron chi connectivity index (χ4n) is 5.73. The maximum Gasteiger partial charge on any atom is 0.337 e. The molecule has 45 heavy (non-hydrogen) atoms. The summed E-state index contributed by atoms with van der Waals surface area (Å²) in [4.78, 5) is 39.8. The molecular weight excluding hydrogens is 582 g/mol. The topological polar surface area (TPSA) is 96.5 Å². The normalized spacial score (nSPS) is 12.2. The van der Waals surface area contributed by atoms with E-state index in [1.807, 2.05) is 60.7 Å². The number of methoxy groups -OCH3 is 1. The van der Waals surface area contributed by atoms with Crippen molar-refractivity contribution in [1.29, 1.82) is 0 Å². The highest BCUT2D eigenvalue weighted by Crippen LogP contribution is 2.39. The van der Waals surface area contributed by atoms with Crippen LogP contribution in [-0.2, 0) is 37.0 Å². The molecule has 1 aliphatic carbocycles. The first-order valence-electron chi connectivity index (χ1n) is 15.7. The van der Waals surface area contributed by atoms with Gasteiger partial charge in [-0.15, -0.1) is 11.3 Å². The van der Waals surface area contributed by atoms with Crippen molar-refractivity contribution >= 4 is 39.8 Å². The molecule has 1 aromatic heterocycles. The molecule has 0 bridgehead atoms. The summed E-state index contributed by atoms with van der Waals surface area (Å²) in [5.41, 5.74) is 6.78. The summed E-state index contributed by atoms with van der Waals surface area (Å²) < 4.78 is 4.77. The number of carbonyl (C=O) groups excluding carboxylic acids is 3. The lowest BCUT2D eigenvalue weighted by atomic mass is 10.0. The number of hydrogen-bond acceptors (Lipinski definition) is 6. The van der Waals surface area contributed by atoms with Gasteiger partial charge in [-0.1, -0.05) is 50.2 Å². The van der Waals surface area contributed by atoms with E-state index in [0.29, 0.717) is 40.0 Å². The predicted octanol–water partition coefficient (Wildman–Crippen LogP) is 7.59. The Balaban J connectivity index is 1.22. The first kappa shape index (κ1) is 32.1. The molecular formula is C37H41N3O4S. The van der Waals surface area contributed by atoms with Gasteiger partial charge in [0.05, 0.1) is 18.2 Å². The summed E-state index contributed by atoms with van der Waals surface area (Å²) >= 11 is 1.51. The van der Waals surface area contributed by atoms with Crippen molar-refractivity contribution in [2.45, 2.75) is 71.4 Å². The zero-order chi connectivity index (χ0) is 31.8. The predicted molar refractivity (Wildman–Crippen MR) is 182 cm³/mol. The number of anilines is 2. The van der Waals surface area contributed by atoms with Gasteiger partial charge in [0, 0.05) is 28.7 Å². The first-order chi connectivity index (χ1) is 21.9. The number of ether oxygens (including phenoxy) is 1. The molecule has 2 amide bonds. The van der Waals surface area contributed by atoms with Gasteiger partial charge in [0.15, 0.2) is 0 Å². The van der Waals surface area contributed by atoms with Crippen molar-refractivity contribution in [1.82, 2.24) is 5.32 Å². The van der Waals surface area contributed by atoms with Crippen molar-refractivity contribution in [2.75, 3.05) is 17.7 Å². The Morgan fingerprint density at radius 1 is 0.800 bits per heavy atom. The van der Waals surface area contributed by atoms with Crippen LogP contribution >= 0.6 is 11.3 Å². The minimum Gasteiger partial charge on any atom is -0.465 e. The third kappa shape index (κ3) is 8.07. The largest absolute Gasteiger partial charge is 0.465 e. The van der Waals surface area contributed by atoms with E-state index >= 15 is 0 Å². The zero-order valence-corrected chi connectivity index (χ0v) is 27.0. The van der Waals surface area contributed by atoms with Gasteiger partial charge in [0.2, 0.25) is 0 Å². The number of benzene rings is 3. The van der Waals surface area contributed by atoms with Crippen LogP contribution < -0.4 is 16.0 Å². The molecule has 7 nitrogen and oxygen atoms in total. The number of amides is 2. The second-order valence-corrected chi connectivity index (χ2v) is 12.6. The van der Waals surface area contributed by atoms with E-state index in [2.05, 4.69) is 29.8 Å². The molecule has 234 valence electrons. The molecule has 0 fully saturated rings. The van der Waals surface area contributed by atoms with Crippen LogP contribution in [0.25, 0.3) is 0 Å². The Morgan fingerprint density at radius 3 is 2.16 bits per heavy atom. The molecule has 0 radical (unpaired) electrons. The molecule has 0 atom stereocenters. The Kier molecular flexibility index (Phi) is 10.8. The maximum absolute atomic E-state index is 13.6. The molecule has 1 heterocycles. The molecule has 0 saturated carbocycles. The fraction of sp³-hybridized carbons (Fsp3) is 0.324. The summed E-state index contributed by atoms with van der Waals surface area (Å²) in [5, 5.41) is 10.3. The second-order valence-electron chi connectivity index (χ2n) is 11.4. The van der Waals surface area contributed by atoms with Crippen LogP contribution in [0.2, 0.25) is 0 Å².